The summed E-state index contributed by atoms with van der Waals surface area (Å²) in [6.07, 6.45) is 2.58. The first-order valence-corrected chi connectivity index (χ1v) is 9.06. The van der Waals surface area contributed by atoms with Crippen LogP contribution in [0.5, 0.6) is 5.75 Å². The third-order valence-electron chi connectivity index (χ3n) is 3.79. The van der Waals surface area contributed by atoms with Gasteiger partial charge in [-0.2, -0.15) is 0 Å². The summed E-state index contributed by atoms with van der Waals surface area (Å²) in [5.41, 5.74) is 0.689. The van der Waals surface area contributed by atoms with E-state index in [0.29, 0.717) is 23.4 Å². The number of thioether (sulfide) groups is 1. The number of rotatable bonds is 7. The van der Waals surface area contributed by atoms with E-state index in [0.717, 1.165) is 12.3 Å². The number of amides is 2. The summed E-state index contributed by atoms with van der Waals surface area (Å²) in [6, 6.07) is 7.18. The second-order valence-electron chi connectivity index (χ2n) is 5.89. The van der Waals surface area contributed by atoms with E-state index in [1.807, 2.05) is 6.92 Å². The van der Waals surface area contributed by atoms with E-state index in [1.165, 1.54) is 24.6 Å². The number of benzene rings is 1. The molecular formula is C17H21N3O3S. The minimum atomic E-state index is -0.411. The molecule has 1 saturated heterocycles. The molecule has 2 aliphatic rings. The van der Waals surface area contributed by atoms with Gasteiger partial charge in [-0.25, -0.2) is 0 Å². The van der Waals surface area contributed by atoms with Gasteiger partial charge in [0, 0.05) is 18.7 Å². The van der Waals surface area contributed by atoms with Crippen LogP contribution in [0.1, 0.15) is 26.2 Å². The summed E-state index contributed by atoms with van der Waals surface area (Å²) in [6.45, 7) is 3.29. The van der Waals surface area contributed by atoms with Crippen LogP contribution < -0.4 is 15.4 Å². The third kappa shape index (κ3) is 4.74. The standard InChI is InChI=1S/C17H21N3O3S/c1-2-23-13-7-5-12(6-8-13)19-15(21)9-14-16(22)20-17(24-14)18-10-11-3-4-11/h5-8,11,14H,2-4,9-10H2,1H3,(H,19,21)(H,18,20,22). The highest BCUT2D eigenvalue weighted by atomic mass is 32.2. The minimum absolute atomic E-state index is 0.131. The van der Waals surface area contributed by atoms with E-state index in [-0.39, 0.29) is 18.2 Å². The van der Waals surface area contributed by atoms with Crippen LogP contribution in [0.25, 0.3) is 0 Å². The number of hydrogen-bond donors (Lipinski definition) is 2. The van der Waals surface area contributed by atoms with Crippen molar-refractivity contribution >= 4 is 34.4 Å². The molecule has 2 amide bonds. The van der Waals surface area contributed by atoms with Crippen molar-refractivity contribution in [3.63, 3.8) is 0 Å². The van der Waals surface area contributed by atoms with Gasteiger partial charge in [0.05, 0.1) is 6.61 Å². The van der Waals surface area contributed by atoms with Gasteiger partial charge in [0.15, 0.2) is 5.17 Å². The van der Waals surface area contributed by atoms with Crippen LogP contribution in [0.4, 0.5) is 5.69 Å². The van der Waals surface area contributed by atoms with Gasteiger partial charge in [0.2, 0.25) is 11.8 Å². The Morgan fingerprint density at radius 3 is 2.79 bits per heavy atom. The molecule has 1 heterocycles. The van der Waals surface area contributed by atoms with E-state index >= 15 is 0 Å². The fourth-order valence-electron chi connectivity index (χ4n) is 2.31. The molecule has 2 fully saturated rings. The van der Waals surface area contributed by atoms with Crippen LogP contribution in [0, 0.1) is 5.92 Å². The zero-order valence-electron chi connectivity index (χ0n) is 13.6. The second kappa shape index (κ2) is 7.70. The molecule has 2 N–H and O–H groups in total. The van der Waals surface area contributed by atoms with Crippen LogP contribution in [-0.4, -0.2) is 35.4 Å². The number of amidine groups is 1. The molecule has 1 aromatic rings. The van der Waals surface area contributed by atoms with Crippen molar-refractivity contribution in [2.24, 2.45) is 10.9 Å². The van der Waals surface area contributed by atoms with Crippen LogP contribution in [0.3, 0.4) is 0 Å². The number of carbonyl (C=O) groups is 2. The Morgan fingerprint density at radius 2 is 2.12 bits per heavy atom. The Kier molecular flexibility index (Phi) is 5.40. The Morgan fingerprint density at radius 1 is 1.38 bits per heavy atom. The quantitative estimate of drug-likeness (QED) is 0.794. The number of aliphatic imine (C=N–C) groups is 1. The zero-order valence-corrected chi connectivity index (χ0v) is 14.4. The summed E-state index contributed by atoms with van der Waals surface area (Å²) in [5.74, 6) is 1.11. The summed E-state index contributed by atoms with van der Waals surface area (Å²) < 4.78 is 5.36. The van der Waals surface area contributed by atoms with Gasteiger partial charge in [-0.1, -0.05) is 11.8 Å². The average molecular weight is 347 g/mol. The van der Waals surface area contributed by atoms with Gasteiger partial charge in [-0.15, -0.1) is 0 Å². The van der Waals surface area contributed by atoms with Crippen molar-refractivity contribution < 1.29 is 14.3 Å². The first-order chi connectivity index (χ1) is 11.6. The monoisotopic (exact) mass is 347 g/mol. The first kappa shape index (κ1) is 16.8. The van der Waals surface area contributed by atoms with Crippen molar-refractivity contribution in [2.75, 3.05) is 18.5 Å². The number of anilines is 1. The molecule has 0 radical (unpaired) electrons. The molecule has 1 aliphatic carbocycles. The highest BCUT2D eigenvalue weighted by molar-refractivity contribution is 8.15. The number of nitrogens with one attached hydrogen (secondary N) is 2. The van der Waals surface area contributed by atoms with Crippen LogP contribution >= 0.6 is 11.8 Å². The fraction of sp³-hybridized carbons (Fsp3) is 0.471. The Hall–Kier alpha value is -2.02. The molecule has 1 saturated carbocycles. The lowest BCUT2D eigenvalue weighted by atomic mass is 10.2. The van der Waals surface area contributed by atoms with Gasteiger partial charge in [-0.05, 0) is 49.9 Å². The van der Waals surface area contributed by atoms with E-state index in [2.05, 4.69) is 15.6 Å². The summed E-state index contributed by atoms with van der Waals surface area (Å²) in [5, 5.41) is 5.79. The zero-order chi connectivity index (χ0) is 16.9. The predicted octanol–water partition coefficient (Wildman–Crippen LogP) is 2.41. The maximum Gasteiger partial charge on any atom is 0.240 e. The molecule has 1 unspecified atom stereocenters. The van der Waals surface area contributed by atoms with Gasteiger partial charge < -0.3 is 15.4 Å². The van der Waals surface area contributed by atoms with Crippen molar-refractivity contribution in [3.8, 4) is 5.75 Å². The lowest BCUT2D eigenvalue weighted by molar-refractivity contribution is -0.122. The fourth-order valence-corrected chi connectivity index (χ4v) is 3.29. The van der Waals surface area contributed by atoms with E-state index < -0.39 is 5.25 Å². The summed E-state index contributed by atoms with van der Waals surface area (Å²) in [4.78, 5) is 28.5. The predicted molar refractivity (Wildman–Crippen MR) is 95.4 cm³/mol. The van der Waals surface area contributed by atoms with Crippen molar-refractivity contribution in [3.05, 3.63) is 24.3 Å². The number of hydrogen-bond acceptors (Lipinski definition) is 5. The normalized spacial score (nSPS) is 21.6. The van der Waals surface area contributed by atoms with Crippen LogP contribution in [0.15, 0.2) is 29.3 Å². The Labute approximate surface area is 145 Å². The molecule has 0 bridgehead atoms. The molecule has 128 valence electrons. The molecule has 6 nitrogen and oxygen atoms in total. The van der Waals surface area contributed by atoms with E-state index in [1.54, 1.807) is 24.3 Å². The van der Waals surface area contributed by atoms with Gasteiger partial charge in [-0.3, -0.25) is 14.6 Å². The maximum atomic E-state index is 12.1. The second-order valence-corrected chi connectivity index (χ2v) is 7.09. The highest BCUT2D eigenvalue weighted by Crippen LogP contribution is 2.30. The van der Waals surface area contributed by atoms with Gasteiger partial charge in [0.25, 0.3) is 0 Å². The number of nitrogens with zero attached hydrogens (tertiary/aromatic N) is 1. The molecule has 24 heavy (non-hydrogen) atoms. The SMILES string of the molecule is CCOc1ccc(NC(=O)CC2SC(=NCC3CC3)NC2=O)cc1. The average Bonchev–Trinajstić information content (AvgIpc) is 3.32. The van der Waals surface area contributed by atoms with Gasteiger partial charge in [0.1, 0.15) is 11.0 Å². The van der Waals surface area contributed by atoms with Gasteiger partial charge >= 0.3 is 0 Å². The molecule has 1 aliphatic heterocycles. The molecule has 1 aromatic carbocycles. The topological polar surface area (TPSA) is 79.8 Å². The van der Waals surface area contributed by atoms with Crippen LogP contribution in [-0.2, 0) is 9.59 Å². The van der Waals surface area contributed by atoms with Crippen LogP contribution in [0.2, 0.25) is 0 Å². The smallest absolute Gasteiger partial charge is 0.240 e. The third-order valence-corrected chi connectivity index (χ3v) is 4.91. The Balaban J connectivity index is 1.48. The minimum Gasteiger partial charge on any atom is -0.494 e. The largest absolute Gasteiger partial charge is 0.494 e. The number of ether oxygens (including phenoxy) is 1. The molecule has 7 heteroatoms. The van der Waals surface area contributed by atoms with E-state index in [9.17, 15) is 9.59 Å². The lowest BCUT2D eigenvalue weighted by Crippen LogP contribution is -2.28. The number of carbonyl (C=O) groups excluding carboxylic acids is 2. The molecule has 1 atom stereocenters. The van der Waals surface area contributed by atoms with Crippen molar-refractivity contribution in [1.82, 2.24) is 5.32 Å². The lowest BCUT2D eigenvalue weighted by Gasteiger charge is -2.08. The summed E-state index contributed by atoms with van der Waals surface area (Å²) >= 11 is 1.34. The first-order valence-electron chi connectivity index (χ1n) is 8.18. The van der Waals surface area contributed by atoms with E-state index in [4.69, 9.17) is 4.74 Å². The summed E-state index contributed by atoms with van der Waals surface area (Å²) in [7, 11) is 0. The molecule has 0 aromatic heterocycles. The highest BCUT2D eigenvalue weighted by Gasteiger charge is 2.32. The Bertz CT molecular complexity index is 641. The van der Waals surface area contributed by atoms with Crippen molar-refractivity contribution in [2.45, 2.75) is 31.4 Å². The van der Waals surface area contributed by atoms with Crippen molar-refractivity contribution in [1.29, 1.82) is 0 Å². The molecular weight excluding hydrogens is 326 g/mol. The molecule has 0 spiro atoms. The maximum absolute atomic E-state index is 12.1. The molecule has 3 rings (SSSR count).